The first-order valence-corrected chi connectivity index (χ1v) is 10.4. The van der Waals surface area contributed by atoms with Crippen molar-refractivity contribution in [3.63, 3.8) is 0 Å². The van der Waals surface area contributed by atoms with Gasteiger partial charge in [0, 0.05) is 58.0 Å². The zero-order valence-electron chi connectivity index (χ0n) is 17.2. The van der Waals surface area contributed by atoms with Gasteiger partial charge < -0.3 is 20.6 Å². The van der Waals surface area contributed by atoms with Gasteiger partial charge in [-0.2, -0.15) is 5.10 Å². The number of piperidine rings is 1. The summed E-state index contributed by atoms with van der Waals surface area (Å²) in [5, 5.41) is 23.3. The minimum Gasteiger partial charge on any atom is -0.391 e. The van der Waals surface area contributed by atoms with Crippen LogP contribution in [0.2, 0.25) is 0 Å². The molecule has 1 saturated heterocycles. The Hall–Kier alpha value is -2.20. The lowest BCUT2D eigenvalue weighted by Crippen LogP contribution is -2.53. The van der Waals surface area contributed by atoms with Crippen LogP contribution in [0.4, 0.5) is 0 Å². The van der Waals surface area contributed by atoms with E-state index < -0.39 is 6.10 Å². The third-order valence-corrected chi connectivity index (χ3v) is 6.20. The first-order valence-electron chi connectivity index (χ1n) is 10.4. The highest BCUT2D eigenvalue weighted by Gasteiger charge is 2.34. The molecule has 0 bridgehead atoms. The van der Waals surface area contributed by atoms with Gasteiger partial charge in [0.05, 0.1) is 6.10 Å². The van der Waals surface area contributed by atoms with Crippen LogP contribution in [-0.2, 0) is 23.1 Å². The smallest absolute Gasteiger partial charge is 0.343 e. The van der Waals surface area contributed by atoms with E-state index in [0.717, 1.165) is 38.8 Å². The van der Waals surface area contributed by atoms with Crippen molar-refractivity contribution in [1.29, 1.82) is 0 Å². The monoisotopic (exact) mass is 408 g/mol. The van der Waals surface area contributed by atoms with Crippen molar-refractivity contribution in [2.45, 2.75) is 63.6 Å². The van der Waals surface area contributed by atoms with E-state index in [0.29, 0.717) is 31.3 Å². The average Bonchev–Trinajstić information content (AvgIpc) is 3.02. The number of H-pyrrole nitrogens is 1. The number of carbonyl (C=O) groups excluding carboxylic acids is 2. The van der Waals surface area contributed by atoms with Crippen LogP contribution in [0.5, 0.6) is 0 Å². The molecule has 3 rings (SSSR count). The van der Waals surface area contributed by atoms with Crippen molar-refractivity contribution in [2.24, 2.45) is 13.0 Å². The summed E-state index contributed by atoms with van der Waals surface area (Å²) in [6.45, 7) is 3.50. The summed E-state index contributed by atoms with van der Waals surface area (Å²) in [5.74, 6) is 0.451. The minimum atomic E-state index is -0.558. The first-order chi connectivity index (χ1) is 13.8. The molecule has 2 heterocycles. The van der Waals surface area contributed by atoms with Crippen LogP contribution in [0.25, 0.3) is 0 Å². The van der Waals surface area contributed by atoms with E-state index in [2.05, 4.69) is 20.8 Å². The number of carbonyl (C=O) groups is 2. The number of nitrogens with zero attached hydrogens (tertiary/aromatic N) is 3. The number of rotatable bonds is 6. The molecular formula is C19H32N6O4. The van der Waals surface area contributed by atoms with Crippen molar-refractivity contribution in [3.05, 3.63) is 16.3 Å². The van der Waals surface area contributed by atoms with Crippen LogP contribution >= 0.6 is 0 Å². The second-order valence-corrected chi connectivity index (χ2v) is 8.18. The van der Waals surface area contributed by atoms with Gasteiger partial charge in [-0.25, -0.2) is 9.89 Å². The van der Waals surface area contributed by atoms with Crippen LogP contribution in [0.15, 0.2) is 4.79 Å². The molecule has 1 aromatic rings. The molecule has 2 amide bonds. The maximum Gasteiger partial charge on any atom is 0.343 e. The summed E-state index contributed by atoms with van der Waals surface area (Å²) in [5.41, 5.74) is -0.271. The Labute approximate surface area is 170 Å². The maximum absolute atomic E-state index is 12.4. The lowest BCUT2D eigenvalue weighted by atomic mass is 9.82. The topological polar surface area (TPSA) is 132 Å². The minimum absolute atomic E-state index is 0.00786. The molecule has 0 spiro atoms. The van der Waals surface area contributed by atoms with Crippen molar-refractivity contribution in [2.75, 3.05) is 19.6 Å². The lowest BCUT2D eigenvalue weighted by molar-refractivity contribution is -0.130. The highest BCUT2D eigenvalue weighted by molar-refractivity contribution is 5.78. The van der Waals surface area contributed by atoms with Crippen molar-refractivity contribution in [1.82, 2.24) is 30.3 Å². The molecule has 1 aromatic heterocycles. The fourth-order valence-corrected chi connectivity index (χ4v) is 4.29. The number of nitrogens with one attached hydrogen (secondary N) is 3. The largest absolute Gasteiger partial charge is 0.391 e. The van der Waals surface area contributed by atoms with Crippen LogP contribution < -0.4 is 16.3 Å². The number of hydrogen-bond acceptors (Lipinski definition) is 6. The summed E-state index contributed by atoms with van der Waals surface area (Å²) in [6.07, 6.45) is 3.62. The number of aromatic amines is 1. The van der Waals surface area contributed by atoms with Crippen LogP contribution in [-0.4, -0.2) is 74.4 Å². The number of hydrogen-bond donors (Lipinski definition) is 4. The van der Waals surface area contributed by atoms with Gasteiger partial charge >= 0.3 is 5.69 Å². The number of aromatic nitrogens is 3. The summed E-state index contributed by atoms with van der Waals surface area (Å²) in [6, 6.07) is 0.294. The molecule has 0 unspecified atom stereocenters. The zero-order valence-corrected chi connectivity index (χ0v) is 17.2. The van der Waals surface area contributed by atoms with Gasteiger partial charge in [-0.15, -0.1) is 0 Å². The number of amides is 2. The molecule has 2 fully saturated rings. The number of aliphatic hydroxyl groups excluding tert-OH is 1. The van der Waals surface area contributed by atoms with E-state index in [1.165, 1.54) is 4.57 Å². The van der Waals surface area contributed by atoms with Gasteiger partial charge in [0.25, 0.3) is 0 Å². The van der Waals surface area contributed by atoms with Crippen LogP contribution in [0, 0.1) is 5.92 Å². The molecule has 2 aliphatic rings. The predicted molar refractivity (Wildman–Crippen MR) is 106 cm³/mol. The number of aliphatic hydroxyl groups is 1. The van der Waals surface area contributed by atoms with Crippen LogP contribution in [0.1, 0.15) is 44.9 Å². The predicted octanol–water partition coefficient (Wildman–Crippen LogP) is -1.10. The van der Waals surface area contributed by atoms with E-state index in [-0.39, 0.29) is 29.5 Å². The molecule has 1 aliphatic carbocycles. The summed E-state index contributed by atoms with van der Waals surface area (Å²) in [7, 11) is 1.64. The Bertz CT molecular complexity index is 767. The van der Waals surface area contributed by atoms with E-state index in [1.54, 1.807) is 14.0 Å². The summed E-state index contributed by atoms with van der Waals surface area (Å²) < 4.78 is 1.42. The quantitative estimate of drug-likeness (QED) is 0.472. The van der Waals surface area contributed by atoms with Gasteiger partial charge in [0.15, 0.2) is 0 Å². The SMILES string of the molecule is CC(=O)N1CCC(N[C@H]2CC[C@H](C(=O)NCCc3n[nH]c(=O)n3C)C[C@@H]2O)CC1. The van der Waals surface area contributed by atoms with E-state index >= 15 is 0 Å². The van der Waals surface area contributed by atoms with Crippen LogP contribution in [0.3, 0.4) is 0 Å². The van der Waals surface area contributed by atoms with Gasteiger partial charge in [0.1, 0.15) is 5.82 Å². The van der Waals surface area contributed by atoms with E-state index in [9.17, 15) is 19.5 Å². The van der Waals surface area contributed by atoms with E-state index in [1.807, 2.05) is 4.90 Å². The van der Waals surface area contributed by atoms with Crippen molar-refractivity contribution < 1.29 is 14.7 Å². The second kappa shape index (κ2) is 9.53. The molecule has 1 saturated carbocycles. The second-order valence-electron chi connectivity index (χ2n) is 8.18. The molecule has 29 heavy (non-hydrogen) atoms. The fraction of sp³-hybridized carbons (Fsp3) is 0.789. The number of likely N-dealkylation sites (tertiary alicyclic amines) is 1. The molecule has 10 nitrogen and oxygen atoms in total. The third kappa shape index (κ3) is 5.45. The standard InChI is InChI=1S/C19H32N6O4/c1-12(26)25-9-6-14(7-10-25)21-15-4-3-13(11-16(15)27)18(28)20-8-5-17-22-23-19(29)24(17)2/h13-16,21,27H,3-11H2,1-2H3,(H,20,28)(H,23,29)/t13-,15-,16-/m0/s1. The molecular weight excluding hydrogens is 376 g/mol. The van der Waals surface area contributed by atoms with Crippen molar-refractivity contribution >= 4 is 11.8 Å². The molecule has 10 heteroatoms. The molecule has 3 atom stereocenters. The Balaban J connectivity index is 1.39. The Morgan fingerprint density at radius 2 is 1.97 bits per heavy atom. The third-order valence-electron chi connectivity index (χ3n) is 6.20. The van der Waals surface area contributed by atoms with Gasteiger partial charge in [-0.3, -0.25) is 14.2 Å². The Kier molecular flexibility index (Phi) is 7.07. The van der Waals surface area contributed by atoms with E-state index in [4.69, 9.17) is 0 Å². The lowest BCUT2D eigenvalue weighted by Gasteiger charge is -2.38. The maximum atomic E-state index is 12.4. The highest BCUT2D eigenvalue weighted by Crippen LogP contribution is 2.26. The molecule has 4 N–H and O–H groups in total. The van der Waals surface area contributed by atoms with Gasteiger partial charge in [-0.05, 0) is 32.1 Å². The molecule has 0 aromatic carbocycles. The molecule has 162 valence electrons. The summed E-state index contributed by atoms with van der Waals surface area (Å²) in [4.78, 5) is 37.1. The van der Waals surface area contributed by atoms with Gasteiger partial charge in [0.2, 0.25) is 11.8 Å². The zero-order chi connectivity index (χ0) is 21.0. The Morgan fingerprint density at radius 3 is 2.55 bits per heavy atom. The normalized spacial score (nSPS) is 25.8. The first kappa shape index (κ1) is 21.5. The fourth-order valence-electron chi connectivity index (χ4n) is 4.29. The summed E-state index contributed by atoms with van der Waals surface area (Å²) >= 11 is 0. The molecule has 0 radical (unpaired) electrons. The van der Waals surface area contributed by atoms with Gasteiger partial charge in [-0.1, -0.05) is 0 Å². The molecule has 1 aliphatic heterocycles. The highest BCUT2D eigenvalue weighted by atomic mass is 16.3. The Morgan fingerprint density at radius 1 is 1.24 bits per heavy atom. The average molecular weight is 409 g/mol. The van der Waals surface area contributed by atoms with Crippen molar-refractivity contribution in [3.8, 4) is 0 Å².